The van der Waals surface area contributed by atoms with Crippen molar-refractivity contribution in [3.8, 4) is 0 Å². The highest BCUT2D eigenvalue weighted by atomic mass is 35.5. The maximum atomic E-state index is 13.0. The normalized spacial score (nSPS) is 12.6. The highest BCUT2D eigenvalue weighted by Gasteiger charge is 2.30. The van der Waals surface area contributed by atoms with E-state index in [2.05, 4.69) is 10.0 Å². The third kappa shape index (κ3) is 6.50. The molecule has 0 saturated carbocycles. The van der Waals surface area contributed by atoms with E-state index < -0.39 is 32.0 Å². The number of hydrogen-bond donors (Lipinski definition) is 2. The number of rotatable bonds is 8. The number of nitrogens with one attached hydrogen (secondary N) is 2. The average Bonchev–Trinajstić information content (AvgIpc) is 2.78. The van der Waals surface area contributed by atoms with Crippen molar-refractivity contribution in [3.63, 3.8) is 0 Å². The van der Waals surface area contributed by atoms with E-state index in [9.17, 15) is 21.6 Å². The zero-order valence-electron chi connectivity index (χ0n) is 19.9. The molecule has 0 aromatic heterocycles. The Hall–Kier alpha value is -2.79. The summed E-state index contributed by atoms with van der Waals surface area (Å²) in [4.78, 5) is 12.9. The monoisotopic (exact) mass is 569 g/mol. The van der Waals surface area contributed by atoms with Crippen LogP contribution in [0.3, 0.4) is 0 Å². The fourth-order valence-electron chi connectivity index (χ4n) is 3.47. The fraction of sp³-hybridized carbons (Fsp3) is 0.208. The quantitative estimate of drug-likeness (QED) is 0.387. The molecule has 0 bridgehead atoms. The Kier molecular flexibility index (Phi) is 8.24. The average molecular weight is 571 g/mol. The minimum atomic E-state index is -3.91. The van der Waals surface area contributed by atoms with Gasteiger partial charge < -0.3 is 5.32 Å². The molecule has 0 aliphatic rings. The molecule has 3 aromatic rings. The molecule has 36 heavy (non-hydrogen) atoms. The number of hydrogen-bond acceptors (Lipinski definition) is 5. The second-order valence-electron chi connectivity index (χ2n) is 8.24. The summed E-state index contributed by atoms with van der Waals surface area (Å²) in [6, 6.07) is 14.0. The van der Waals surface area contributed by atoms with Crippen molar-refractivity contribution in [1.82, 2.24) is 0 Å². The van der Waals surface area contributed by atoms with Crippen molar-refractivity contribution < 1.29 is 21.6 Å². The predicted molar refractivity (Wildman–Crippen MR) is 145 cm³/mol. The molecule has 0 fully saturated rings. The van der Waals surface area contributed by atoms with E-state index in [4.69, 9.17) is 23.2 Å². The van der Waals surface area contributed by atoms with E-state index in [0.717, 1.165) is 10.6 Å². The molecule has 0 aliphatic heterocycles. The summed E-state index contributed by atoms with van der Waals surface area (Å²) < 4.78 is 54.2. The zero-order valence-corrected chi connectivity index (χ0v) is 23.1. The molecular formula is C24H25Cl2N3O5S2. The van der Waals surface area contributed by atoms with Crippen molar-refractivity contribution in [3.05, 3.63) is 81.8 Å². The van der Waals surface area contributed by atoms with Crippen LogP contribution in [-0.2, 0) is 24.8 Å². The van der Waals surface area contributed by atoms with Gasteiger partial charge in [-0.1, -0.05) is 35.3 Å². The summed E-state index contributed by atoms with van der Waals surface area (Å²) >= 11 is 12.0. The largest absolute Gasteiger partial charge is 0.324 e. The van der Waals surface area contributed by atoms with Gasteiger partial charge in [-0.05, 0) is 80.4 Å². The van der Waals surface area contributed by atoms with Gasteiger partial charge in [0.05, 0.1) is 22.5 Å². The van der Waals surface area contributed by atoms with E-state index >= 15 is 0 Å². The first-order chi connectivity index (χ1) is 16.7. The Morgan fingerprint density at radius 3 is 2.00 bits per heavy atom. The molecule has 0 saturated heterocycles. The molecule has 3 aromatic carbocycles. The molecule has 2 N–H and O–H groups in total. The number of amides is 1. The number of benzene rings is 3. The lowest BCUT2D eigenvalue weighted by atomic mass is 10.1. The first kappa shape index (κ1) is 27.8. The number of carbonyl (C=O) groups excluding carboxylic acids is 1. The van der Waals surface area contributed by atoms with Gasteiger partial charge in [-0.2, -0.15) is 0 Å². The third-order valence-electron chi connectivity index (χ3n) is 5.37. The maximum absolute atomic E-state index is 13.0. The van der Waals surface area contributed by atoms with Crippen LogP contribution in [0.15, 0.2) is 65.6 Å². The molecule has 0 heterocycles. The van der Waals surface area contributed by atoms with Gasteiger partial charge in [-0.3, -0.25) is 13.8 Å². The Labute approximate surface area is 221 Å². The van der Waals surface area contributed by atoms with Gasteiger partial charge in [-0.15, -0.1) is 0 Å². The van der Waals surface area contributed by atoms with Gasteiger partial charge in [-0.25, -0.2) is 16.8 Å². The van der Waals surface area contributed by atoms with Crippen molar-refractivity contribution in [2.45, 2.75) is 31.7 Å². The Morgan fingerprint density at radius 1 is 0.861 bits per heavy atom. The molecule has 3 rings (SSSR count). The van der Waals surface area contributed by atoms with E-state index in [1.165, 1.54) is 43.3 Å². The Balaban J connectivity index is 1.81. The summed E-state index contributed by atoms with van der Waals surface area (Å²) in [5.41, 5.74) is 2.26. The standard InChI is InChI=1S/C24H25Cl2N3O5S2/c1-15-5-7-18(25)13-22(15)28-36(33,34)21-11-9-20(10-12-21)27-24(30)17(3)29(35(4,31)32)23-14-19(26)8-6-16(23)2/h5-14,17,28H,1-4H3,(H,27,30)/t17-/m0/s1. The van der Waals surface area contributed by atoms with Crippen LogP contribution in [0.4, 0.5) is 17.1 Å². The molecule has 1 atom stereocenters. The van der Waals surface area contributed by atoms with Gasteiger partial charge in [0.15, 0.2) is 0 Å². The number of aryl methyl sites for hydroxylation is 2. The number of carbonyl (C=O) groups is 1. The van der Waals surface area contributed by atoms with Crippen molar-refractivity contribution in [1.29, 1.82) is 0 Å². The molecule has 0 unspecified atom stereocenters. The van der Waals surface area contributed by atoms with Gasteiger partial charge in [0, 0.05) is 15.7 Å². The lowest BCUT2D eigenvalue weighted by molar-refractivity contribution is -0.116. The van der Waals surface area contributed by atoms with Crippen LogP contribution in [0.2, 0.25) is 10.0 Å². The molecule has 0 radical (unpaired) electrons. The van der Waals surface area contributed by atoms with Crippen molar-refractivity contribution in [2.24, 2.45) is 0 Å². The van der Waals surface area contributed by atoms with Gasteiger partial charge in [0.2, 0.25) is 15.9 Å². The summed E-state index contributed by atoms with van der Waals surface area (Å²) in [6.45, 7) is 4.91. The van der Waals surface area contributed by atoms with Crippen molar-refractivity contribution >= 4 is 66.2 Å². The first-order valence-corrected chi connectivity index (χ1v) is 14.7. The van der Waals surface area contributed by atoms with Crippen LogP contribution in [-0.4, -0.2) is 35.0 Å². The van der Waals surface area contributed by atoms with Gasteiger partial charge in [0.1, 0.15) is 6.04 Å². The summed E-state index contributed by atoms with van der Waals surface area (Å²) in [5.74, 6) is -0.608. The minimum Gasteiger partial charge on any atom is -0.324 e. The predicted octanol–water partition coefficient (Wildman–Crippen LogP) is 5.20. The fourth-order valence-corrected chi connectivity index (χ4v) is 6.16. The SMILES string of the molecule is Cc1ccc(Cl)cc1NS(=O)(=O)c1ccc(NC(=O)[C@H](C)N(c2cc(Cl)ccc2C)S(C)(=O)=O)cc1. The topological polar surface area (TPSA) is 113 Å². The van der Waals surface area contributed by atoms with Crippen LogP contribution in [0.1, 0.15) is 18.1 Å². The second-order valence-corrected chi connectivity index (χ2v) is 12.7. The number of sulfonamides is 2. The number of halogens is 2. The maximum Gasteiger partial charge on any atom is 0.261 e. The second kappa shape index (κ2) is 10.7. The summed E-state index contributed by atoms with van der Waals surface area (Å²) in [6.07, 6.45) is 1.01. The van der Waals surface area contributed by atoms with Crippen LogP contribution in [0.25, 0.3) is 0 Å². The summed E-state index contributed by atoms with van der Waals surface area (Å²) in [5, 5.41) is 3.35. The summed E-state index contributed by atoms with van der Waals surface area (Å²) in [7, 11) is -7.75. The molecule has 12 heteroatoms. The van der Waals surface area contributed by atoms with E-state index in [1.54, 1.807) is 38.1 Å². The van der Waals surface area contributed by atoms with Gasteiger partial charge in [0.25, 0.3) is 10.0 Å². The smallest absolute Gasteiger partial charge is 0.261 e. The minimum absolute atomic E-state index is 0.0276. The molecular weight excluding hydrogens is 545 g/mol. The molecule has 8 nitrogen and oxygen atoms in total. The third-order valence-corrected chi connectivity index (χ3v) is 8.45. The number of nitrogens with zero attached hydrogens (tertiary/aromatic N) is 1. The highest BCUT2D eigenvalue weighted by molar-refractivity contribution is 7.92. The zero-order chi connectivity index (χ0) is 26.8. The van der Waals surface area contributed by atoms with Gasteiger partial charge >= 0.3 is 0 Å². The van der Waals surface area contributed by atoms with Crippen molar-refractivity contribution in [2.75, 3.05) is 20.6 Å². The lowest BCUT2D eigenvalue weighted by Crippen LogP contribution is -2.45. The lowest BCUT2D eigenvalue weighted by Gasteiger charge is -2.29. The van der Waals surface area contributed by atoms with Crippen LogP contribution in [0.5, 0.6) is 0 Å². The highest BCUT2D eigenvalue weighted by Crippen LogP contribution is 2.29. The Bertz CT molecular complexity index is 1510. The molecule has 192 valence electrons. The van der Waals surface area contributed by atoms with Crippen LogP contribution >= 0.6 is 23.2 Å². The van der Waals surface area contributed by atoms with E-state index in [-0.39, 0.29) is 10.6 Å². The molecule has 0 spiro atoms. The van der Waals surface area contributed by atoms with E-state index in [0.29, 0.717) is 32.5 Å². The van der Waals surface area contributed by atoms with Crippen LogP contribution < -0.4 is 14.3 Å². The van der Waals surface area contributed by atoms with E-state index in [1.807, 2.05) is 0 Å². The molecule has 0 aliphatic carbocycles. The first-order valence-electron chi connectivity index (χ1n) is 10.6. The Morgan fingerprint density at radius 2 is 1.42 bits per heavy atom. The molecule has 1 amide bonds. The number of anilines is 3. The van der Waals surface area contributed by atoms with Crippen LogP contribution in [0, 0.1) is 13.8 Å².